The van der Waals surface area contributed by atoms with Crippen molar-refractivity contribution < 1.29 is 19.1 Å². The SMILES string of the molecule is NC(=O)c1ccc(NC(=O)[C@@H](NC(=O)[C@@H](N)CCCN=C(N)N)c2ccccc2)cc1Oc1cccc(Cl)c1. The number of hydrogen-bond donors (Lipinski definition) is 6. The molecule has 0 fully saturated rings. The smallest absolute Gasteiger partial charge is 0.252 e. The lowest BCUT2D eigenvalue weighted by Gasteiger charge is -2.21. The summed E-state index contributed by atoms with van der Waals surface area (Å²) in [4.78, 5) is 42.0. The van der Waals surface area contributed by atoms with Gasteiger partial charge in [-0.05, 0) is 48.7 Å². The second-order valence-electron chi connectivity index (χ2n) is 8.53. The van der Waals surface area contributed by atoms with Gasteiger partial charge in [0.15, 0.2) is 5.96 Å². The van der Waals surface area contributed by atoms with Gasteiger partial charge in [-0.1, -0.05) is 48.0 Å². The van der Waals surface area contributed by atoms with Crippen LogP contribution in [0.5, 0.6) is 11.5 Å². The Balaban J connectivity index is 1.79. The van der Waals surface area contributed by atoms with Crippen molar-refractivity contribution in [3.63, 3.8) is 0 Å². The predicted molar refractivity (Wildman–Crippen MR) is 150 cm³/mol. The molecule has 0 aliphatic carbocycles. The summed E-state index contributed by atoms with van der Waals surface area (Å²) in [5, 5.41) is 5.91. The van der Waals surface area contributed by atoms with Crippen LogP contribution in [-0.4, -0.2) is 36.3 Å². The first-order valence-electron chi connectivity index (χ1n) is 12.0. The van der Waals surface area contributed by atoms with Crippen molar-refractivity contribution in [2.45, 2.75) is 24.9 Å². The van der Waals surface area contributed by atoms with E-state index in [1.54, 1.807) is 54.6 Å². The van der Waals surface area contributed by atoms with E-state index in [1.165, 1.54) is 18.2 Å². The molecule has 0 radical (unpaired) electrons. The second kappa shape index (κ2) is 13.8. The molecular weight excluding hydrogens is 522 g/mol. The number of benzene rings is 3. The van der Waals surface area contributed by atoms with E-state index >= 15 is 0 Å². The van der Waals surface area contributed by atoms with E-state index in [2.05, 4.69) is 15.6 Å². The number of halogens is 1. The first-order chi connectivity index (χ1) is 18.6. The molecule has 10 N–H and O–H groups in total. The molecule has 3 amide bonds. The van der Waals surface area contributed by atoms with E-state index in [1.807, 2.05) is 0 Å². The third kappa shape index (κ3) is 8.73. The van der Waals surface area contributed by atoms with Crippen molar-refractivity contribution in [2.75, 3.05) is 11.9 Å². The van der Waals surface area contributed by atoms with Crippen molar-refractivity contribution in [3.05, 3.63) is 88.9 Å². The Kier molecular flexibility index (Phi) is 10.2. The largest absolute Gasteiger partial charge is 0.456 e. The molecule has 3 aromatic carbocycles. The van der Waals surface area contributed by atoms with Gasteiger partial charge in [-0.3, -0.25) is 19.4 Å². The fourth-order valence-corrected chi connectivity index (χ4v) is 3.79. The highest BCUT2D eigenvalue weighted by molar-refractivity contribution is 6.30. The number of carbonyl (C=O) groups excluding carboxylic acids is 3. The molecule has 0 aromatic heterocycles. The van der Waals surface area contributed by atoms with Gasteiger partial charge < -0.3 is 38.3 Å². The lowest BCUT2D eigenvalue weighted by atomic mass is 10.0. The van der Waals surface area contributed by atoms with Crippen LogP contribution < -0.4 is 38.3 Å². The number of hydrogen-bond acceptors (Lipinski definition) is 6. The zero-order valence-electron chi connectivity index (χ0n) is 21.0. The third-order valence-corrected chi connectivity index (χ3v) is 5.76. The molecule has 12 heteroatoms. The molecule has 0 aliphatic rings. The summed E-state index contributed by atoms with van der Waals surface area (Å²) < 4.78 is 5.83. The van der Waals surface area contributed by atoms with Crippen LogP contribution >= 0.6 is 11.6 Å². The van der Waals surface area contributed by atoms with Crippen molar-refractivity contribution in [1.82, 2.24) is 5.32 Å². The molecule has 2 atom stereocenters. The van der Waals surface area contributed by atoms with Gasteiger partial charge in [-0.15, -0.1) is 0 Å². The molecule has 3 aromatic rings. The highest BCUT2D eigenvalue weighted by atomic mass is 35.5. The summed E-state index contributed by atoms with van der Waals surface area (Å²) in [6.45, 7) is 0.326. The quantitative estimate of drug-likeness (QED) is 0.113. The molecule has 0 spiro atoms. The molecule has 0 saturated heterocycles. The number of anilines is 1. The highest BCUT2D eigenvalue weighted by Gasteiger charge is 2.26. The molecule has 0 bridgehead atoms. The second-order valence-corrected chi connectivity index (χ2v) is 8.97. The Labute approximate surface area is 230 Å². The Bertz CT molecular complexity index is 1350. The van der Waals surface area contributed by atoms with Crippen LogP contribution in [0.15, 0.2) is 77.8 Å². The number of nitrogens with one attached hydrogen (secondary N) is 2. The molecule has 0 aliphatic heterocycles. The van der Waals surface area contributed by atoms with Crippen molar-refractivity contribution in [2.24, 2.45) is 27.9 Å². The minimum atomic E-state index is -1.06. The summed E-state index contributed by atoms with van der Waals surface area (Å²) in [6.07, 6.45) is 0.792. The van der Waals surface area contributed by atoms with Crippen molar-refractivity contribution in [1.29, 1.82) is 0 Å². The number of primary amides is 1. The van der Waals surface area contributed by atoms with Crippen LogP contribution in [0.1, 0.15) is 34.8 Å². The van der Waals surface area contributed by atoms with Crippen LogP contribution in [0.25, 0.3) is 0 Å². The molecular formula is C27H30ClN7O4. The third-order valence-electron chi connectivity index (χ3n) is 5.52. The van der Waals surface area contributed by atoms with Crippen LogP contribution in [0.4, 0.5) is 5.69 Å². The average Bonchev–Trinajstić information content (AvgIpc) is 2.89. The fourth-order valence-electron chi connectivity index (χ4n) is 3.61. The molecule has 39 heavy (non-hydrogen) atoms. The topological polar surface area (TPSA) is 201 Å². The van der Waals surface area contributed by atoms with Gasteiger partial charge in [0.05, 0.1) is 11.6 Å². The van der Waals surface area contributed by atoms with Crippen LogP contribution in [0, 0.1) is 0 Å². The summed E-state index contributed by atoms with van der Waals surface area (Å²) in [5.41, 5.74) is 23.1. The molecule has 0 heterocycles. The molecule has 0 saturated carbocycles. The minimum absolute atomic E-state index is 0.0428. The lowest BCUT2D eigenvalue weighted by molar-refractivity contribution is -0.127. The lowest BCUT2D eigenvalue weighted by Crippen LogP contribution is -2.45. The van der Waals surface area contributed by atoms with Crippen LogP contribution in [0.3, 0.4) is 0 Å². The standard InChI is InChI=1S/C27H30ClN7O4/c28-17-8-4-9-19(14-17)39-22-15-18(11-12-20(22)24(30)36)34-26(38)23(16-6-2-1-3-7-16)35-25(37)21(29)10-5-13-33-27(31)32/h1-4,6-9,11-12,14-15,21,23H,5,10,13,29H2,(H2,30,36)(H,34,38)(H,35,37)(H4,31,32,33)/t21-,23-/m0/s1. The maximum Gasteiger partial charge on any atom is 0.252 e. The number of ether oxygens (including phenoxy) is 1. The minimum Gasteiger partial charge on any atom is -0.456 e. The van der Waals surface area contributed by atoms with Gasteiger partial charge in [-0.2, -0.15) is 0 Å². The first kappa shape index (κ1) is 29.0. The number of carbonyl (C=O) groups is 3. The Morgan fingerprint density at radius 1 is 0.923 bits per heavy atom. The fraction of sp³-hybridized carbons (Fsp3) is 0.185. The average molecular weight is 552 g/mol. The highest BCUT2D eigenvalue weighted by Crippen LogP contribution is 2.30. The van der Waals surface area contributed by atoms with E-state index < -0.39 is 29.8 Å². The summed E-state index contributed by atoms with van der Waals surface area (Å²) >= 11 is 6.03. The summed E-state index contributed by atoms with van der Waals surface area (Å²) in [6, 6.07) is 17.7. The van der Waals surface area contributed by atoms with Gasteiger partial charge in [0.25, 0.3) is 11.8 Å². The van der Waals surface area contributed by atoms with Gasteiger partial charge in [0.1, 0.15) is 17.5 Å². The summed E-state index contributed by atoms with van der Waals surface area (Å²) in [5.74, 6) is -1.32. The maximum absolute atomic E-state index is 13.4. The number of rotatable bonds is 12. The summed E-state index contributed by atoms with van der Waals surface area (Å²) in [7, 11) is 0. The molecule has 11 nitrogen and oxygen atoms in total. The van der Waals surface area contributed by atoms with Crippen molar-refractivity contribution >= 4 is 41.0 Å². The van der Waals surface area contributed by atoms with E-state index in [-0.39, 0.29) is 17.3 Å². The monoisotopic (exact) mass is 551 g/mol. The number of amides is 3. The zero-order chi connectivity index (χ0) is 28.4. The van der Waals surface area contributed by atoms with E-state index in [0.29, 0.717) is 41.4 Å². The van der Waals surface area contributed by atoms with Gasteiger partial charge in [0, 0.05) is 23.3 Å². The number of aliphatic imine (C=N–C) groups is 1. The van der Waals surface area contributed by atoms with Gasteiger partial charge >= 0.3 is 0 Å². The number of nitrogens with two attached hydrogens (primary N) is 4. The Morgan fingerprint density at radius 3 is 2.33 bits per heavy atom. The van der Waals surface area contributed by atoms with Gasteiger partial charge in [0.2, 0.25) is 5.91 Å². The molecule has 3 rings (SSSR count). The van der Waals surface area contributed by atoms with Crippen LogP contribution in [0.2, 0.25) is 5.02 Å². The Hall–Kier alpha value is -4.61. The van der Waals surface area contributed by atoms with Crippen molar-refractivity contribution in [3.8, 4) is 11.5 Å². The number of nitrogens with zero attached hydrogens (tertiary/aromatic N) is 1. The zero-order valence-corrected chi connectivity index (χ0v) is 21.7. The maximum atomic E-state index is 13.4. The predicted octanol–water partition coefficient (Wildman–Crippen LogP) is 2.41. The van der Waals surface area contributed by atoms with E-state index in [0.717, 1.165) is 0 Å². The molecule has 0 unspecified atom stereocenters. The normalized spacial score (nSPS) is 12.1. The van der Waals surface area contributed by atoms with E-state index in [4.69, 9.17) is 39.3 Å². The molecule has 204 valence electrons. The Morgan fingerprint density at radius 2 is 1.67 bits per heavy atom. The van der Waals surface area contributed by atoms with E-state index in [9.17, 15) is 14.4 Å². The number of guanidine groups is 1. The first-order valence-corrected chi connectivity index (χ1v) is 12.4. The van der Waals surface area contributed by atoms with Gasteiger partial charge in [-0.25, -0.2) is 0 Å². The van der Waals surface area contributed by atoms with Crippen LogP contribution in [-0.2, 0) is 9.59 Å².